The minimum Gasteiger partial charge on any atom is -0.299 e. The maximum absolute atomic E-state index is 13.3. The average molecular weight is 250 g/mol. The maximum Gasteiger partial charge on any atom is 0.342 e. The highest BCUT2D eigenvalue weighted by atomic mass is 19.3. The number of carbonyl (C=O) groups is 1. The Labute approximate surface area is 100 Å². The van der Waals surface area contributed by atoms with Gasteiger partial charge in [-0.3, -0.25) is 4.89 Å². The van der Waals surface area contributed by atoms with Crippen LogP contribution in [-0.2, 0) is 14.6 Å². The van der Waals surface area contributed by atoms with E-state index >= 15 is 0 Å². The Hall–Kier alpha value is -0.710. The first-order valence-corrected chi connectivity index (χ1v) is 6.15. The van der Waals surface area contributed by atoms with E-state index in [9.17, 15) is 13.6 Å². The molecule has 0 aromatic heterocycles. The molecule has 100 valence electrons. The first kappa shape index (κ1) is 14.4. The van der Waals surface area contributed by atoms with Crippen LogP contribution in [0.1, 0.15) is 45.4 Å². The standard InChI is InChI=1S/C12H20F2O3/c1-3-4-5-6-9-10(12(9,13)14)7-8-11(15)17-16-2/h9-10H,3-8H2,1-2H3. The van der Waals surface area contributed by atoms with Gasteiger partial charge in [-0.1, -0.05) is 26.2 Å². The van der Waals surface area contributed by atoms with E-state index < -0.39 is 23.7 Å². The molecular formula is C12H20F2O3. The lowest BCUT2D eigenvalue weighted by Gasteiger charge is -1.98. The Balaban J connectivity index is 2.23. The smallest absolute Gasteiger partial charge is 0.299 e. The molecule has 0 radical (unpaired) electrons. The highest BCUT2D eigenvalue weighted by Crippen LogP contribution is 2.59. The zero-order valence-corrected chi connectivity index (χ0v) is 10.4. The Morgan fingerprint density at radius 3 is 2.47 bits per heavy atom. The van der Waals surface area contributed by atoms with Gasteiger partial charge in [0.2, 0.25) is 0 Å². The summed E-state index contributed by atoms with van der Waals surface area (Å²) in [7, 11) is 1.22. The molecule has 0 N–H and O–H groups in total. The van der Waals surface area contributed by atoms with E-state index in [1.165, 1.54) is 7.11 Å². The van der Waals surface area contributed by atoms with Crippen LogP contribution in [0.3, 0.4) is 0 Å². The first-order chi connectivity index (χ1) is 8.04. The Bertz CT molecular complexity index is 256. The molecule has 17 heavy (non-hydrogen) atoms. The Kier molecular flexibility index (Phi) is 5.31. The van der Waals surface area contributed by atoms with Gasteiger partial charge in [-0.15, -0.1) is 0 Å². The summed E-state index contributed by atoms with van der Waals surface area (Å²) in [5.74, 6) is -4.35. The van der Waals surface area contributed by atoms with Crippen molar-refractivity contribution in [1.82, 2.24) is 0 Å². The number of halogens is 2. The number of unbranched alkanes of at least 4 members (excludes halogenated alkanes) is 2. The molecule has 0 aromatic carbocycles. The Morgan fingerprint density at radius 2 is 1.88 bits per heavy atom. The summed E-state index contributed by atoms with van der Waals surface area (Å²) in [6, 6.07) is 0. The van der Waals surface area contributed by atoms with Gasteiger partial charge in [-0.05, 0) is 12.8 Å². The van der Waals surface area contributed by atoms with Gasteiger partial charge in [0.25, 0.3) is 5.92 Å². The molecule has 3 nitrogen and oxygen atoms in total. The van der Waals surface area contributed by atoms with E-state index in [1.807, 2.05) is 6.92 Å². The van der Waals surface area contributed by atoms with Crippen molar-refractivity contribution < 1.29 is 23.4 Å². The summed E-state index contributed by atoms with van der Waals surface area (Å²) in [6.07, 6.45) is 3.61. The summed E-state index contributed by atoms with van der Waals surface area (Å²) in [5, 5.41) is 0. The number of hydrogen-bond donors (Lipinski definition) is 0. The van der Waals surface area contributed by atoms with E-state index in [0.717, 1.165) is 19.3 Å². The molecule has 0 saturated heterocycles. The molecule has 1 aliphatic carbocycles. The van der Waals surface area contributed by atoms with Crippen LogP contribution in [0.25, 0.3) is 0 Å². The molecule has 1 fully saturated rings. The van der Waals surface area contributed by atoms with E-state index in [2.05, 4.69) is 9.78 Å². The zero-order valence-electron chi connectivity index (χ0n) is 10.4. The number of alkyl halides is 2. The van der Waals surface area contributed by atoms with Crippen LogP contribution in [-0.4, -0.2) is 19.0 Å². The van der Waals surface area contributed by atoms with Gasteiger partial charge in [0, 0.05) is 18.3 Å². The number of carbonyl (C=O) groups excluding carboxylic acids is 1. The van der Waals surface area contributed by atoms with Gasteiger partial charge in [0.1, 0.15) is 0 Å². The van der Waals surface area contributed by atoms with E-state index in [4.69, 9.17) is 0 Å². The molecule has 0 aliphatic heterocycles. The summed E-state index contributed by atoms with van der Waals surface area (Å²) in [4.78, 5) is 19.4. The van der Waals surface area contributed by atoms with Crippen LogP contribution < -0.4 is 0 Å². The highest BCUT2D eigenvalue weighted by Gasteiger charge is 2.66. The largest absolute Gasteiger partial charge is 0.342 e. The fraction of sp³-hybridized carbons (Fsp3) is 0.917. The van der Waals surface area contributed by atoms with Crippen molar-refractivity contribution in [2.45, 2.75) is 51.4 Å². The minimum atomic E-state index is -2.58. The number of rotatable bonds is 8. The number of hydrogen-bond acceptors (Lipinski definition) is 3. The van der Waals surface area contributed by atoms with Gasteiger partial charge in [-0.25, -0.2) is 13.6 Å². The summed E-state index contributed by atoms with van der Waals surface area (Å²) in [5.41, 5.74) is 0. The molecule has 1 aliphatic rings. The highest BCUT2D eigenvalue weighted by molar-refractivity contribution is 5.68. The predicted octanol–water partition coefficient (Wildman–Crippen LogP) is 3.33. The van der Waals surface area contributed by atoms with Crippen LogP contribution in [0.4, 0.5) is 8.78 Å². The van der Waals surface area contributed by atoms with Crippen LogP contribution in [0.5, 0.6) is 0 Å². The van der Waals surface area contributed by atoms with E-state index in [-0.39, 0.29) is 12.8 Å². The molecule has 2 unspecified atom stereocenters. The third kappa shape index (κ3) is 3.91. The molecule has 2 atom stereocenters. The van der Waals surface area contributed by atoms with Gasteiger partial charge in [-0.2, -0.15) is 4.89 Å². The van der Waals surface area contributed by atoms with Crippen molar-refractivity contribution in [2.24, 2.45) is 11.8 Å². The van der Waals surface area contributed by atoms with Crippen LogP contribution >= 0.6 is 0 Å². The topological polar surface area (TPSA) is 35.5 Å². The monoisotopic (exact) mass is 250 g/mol. The van der Waals surface area contributed by atoms with Gasteiger partial charge in [0.15, 0.2) is 0 Å². The quantitative estimate of drug-likeness (QED) is 0.376. The molecule has 1 rings (SSSR count). The Morgan fingerprint density at radius 1 is 1.24 bits per heavy atom. The molecule has 0 aromatic rings. The van der Waals surface area contributed by atoms with Crippen LogP contribution in [0, 0.1) is 11.8 Å². The molecule has 1 saturated carbocycles. The van der Waals surface area contributed by atoms with E-state index in [1.54, 1.807) is 0 Å². The lowest BCUT2D eigenvalue weighted by molar-refractivity contribution is -0.255. The minimum absolute atomic E-state index is 0.00161. The first-order valence-electron chi connectivity index (χ1n) is 6.15. The second-order valence-electron chi connectivity index (χ2n) is 4.54. The van der Waals surface area contributed by atoms with Crippen molar-refractivity contribution in [3.63, 3.8) is 0 Å². The summed E-state index contributed by atoms with van der Waals surface area (Å²) < 4.78 is 26.7. The summed E-state index contributed by atoms with van der Waals surface area (Å²) in [6.45, 7) is 2.04. The average Bonchev–Trinajstić information content (AvgIpc) is 2.78. The van der Waals surface area contributed by atoms with Gasteiger partial charge in [0.05, 0.1) is 7.11 Å². The predicted molar refractivity (Wildman–Crippen MR) is 58.4 cm³/mol. The zero-order chi connectivity index (χ0) is 12.9. The second-order valence-corrected chi connectivity index (χ2v) is 4.54. The molecule has 0 heterocycles. The molecule has 0 spiro atoms. The fourth-order valence-electron chi connectivity index (χ4n) is 2.27. The van der Waals surface area contributed by atoms with E-state index in [0.29, 0.717) is 6.42 Å². The van der Waals surface area contributed by atoms with Crippen molar-refractivity contribution in [3.05, 3.63) is 0 Å². The molecular weight excluding hydrogens is 230 g/mol. The lowest BCUT2D eigenvalue weighted by atomic mass is 10.1. The van der Waals surface area contributed by atoms with Gasteiger partial charge >= 0.3 is 5.97 Å². The fourth-order valence-corrected chi connectivity index (χ4v) is 2.27. The van der Waals surface area contributed by atoms with Crippen molar-refractivity contribution in [2.75, 3.05) is 7.11 Å². The second kappa shape index (κ2) is 6.28. The van der Waals surface area contributed by atoms with Gasteiger partial charge < -0.3 is 0 Å². The lowest BCUT2D eigenvalue weighted by Crippen LogP contribution is -2.04. The molecule has 0 amide bonds. The van der Waals surface area contributed by atoms with Crippen molar-refractivity contribution in [3.8, 4) is 0 Å². The normalized spacial score (nSPS) is 25.6. The third-order valence-corrected chi connectivity index (χ3v) is 3.32. The molecule has 5 heteroatoms. The maximum atomic E-state index is 13.3. The summed E-state index contributed by atoms with van der Waals surface area (Å²) >= 11 is 0. The van der Waals surface area contributed by atoms with Crippen LogP contribution in [0.15, 0.2) is 0 Å². The third-order valence-electron chi connectivity index (χ3n) is 3.32. The van der Waals surface area contributed by atoms with Crippen molar-refractivity contribution >= 4 is 5.97 Å². The SMILES string of the molecule is CCCCCC1C(CCC(=O)OOC)C1(F)F. The van der Waals surface area contributed by atoms with Crippen LogP contribution in [0.2, 0.25) is 0 Å². The molecule has 0 bridgehead atoms. The van der Waals surface area contributed by atoms with Crippen molar-refractivity contribution in [1.29, 1.82) is 0 Å².